The number of hydrogen-bond acceptors (Lipinski definition) is 3. The highest BCUT2D eigenvalue weighted by atomic mass is 19.1. The lowest BCUT2D eigenvalue weighted by atomic mass is 10.1. The minimum absolute atomic E-state index is 0.188. The van der Waals surface area contributed by atoms with Gasteiger partial charge in [0.2, 0.25) is 0 Å². The fraction of sp³-hybridized carbons (Fsp3) is 0.435. The first kappa shape index (κ1) is 21.1. The molecule has 1 atom stereocenters. The molecule has 29 heavy (non-hydrogen) atoms. The van der Waals surface area contributed by atoms with E-state index in [4.69, 9.17) is 9.47 Å². The third-order valence-electron chi connectivity index (χ3n) is 5.07. The maximum atomic E-state index is 13.4. The van der Waals surface area contributed by atoms with Gasteiger partial charge in [0.1, 0.15) is 11.6 Å². The average molecular weight is 400 g/mol. The summed E-state index contributed by atoms with van der Waals surface area (Å²) < 4.78 is 25.0. The number of aliphatic imine (C=N–C) groups is 1. The van der Waals surface area contributed by atoms with E-state index in [9.17, 15) is 4.39 Å². The van der Waals surface area contributed by atoms with Crippen LogP contribution in [0.4, 0.5) is 4.39 Å². The van der Waals surface area contributed by atoms with Gasteiger partial charge < -0.3 is 20.1 Å². The molecule has 0 bridgehead atoms. The number of rotatable bonds is 7. The Labute approximate surface area is 172 Å². The van der Waals surface area contributed by atoms with Crippen molar-refractivity contribution in [3.63, 3.8) is 0 Å². The van der Waals surface area contributed by atoms with Crippen molar-refractivity contribution in [2.75, 3.05) is 26.9 Å². The van der Waals surface area contributed by atoms with E-state index in [0.717, 1.165) is 36.5 Å². The molecule has 1 unspecified atom stereocenters. The highest BCUT2D eigenvalue weighted by Gasteiger charge is 2.17. The van der Waals surface area contributed by atoms with Gasteiger partial charge in [0.15, 0.2) is 5.96 Å². The van der Waals surface area contributed by atoms with Crippen LogP contribution in [0, 0.1) is 25.6 Å². The van der Waals surface area contributed by atoms with Crippen molar-refractivity contribution in [3.8, 4) is 5.75 Å². The van der Waals surface area contributed by atoms with E-state index in [2.05, 4.69) is 40.7 Å². The van der Waals surface area contributed by atoms with Crippen molar-refractivity contribution < 1.29 is 13.9 Å². The third kappa shape index (κ3) is 6.19. The Morgan fingerprint density at radius 3 is 2.72 bits per heavy atom. The fourth-order valence-electron chi connectivity index (χ4n) is 3.27. The van der Waals surface area contributed by atoms with Crippen LogP contribution in [0.2, 0.25) is 0 Å². The minimum Gasteiger partial charge on any atom is -0.493 e. The lowest BCUT2D eigenvalue weighted by molar-refractivity contribution is 0.166. The van der Waals surface area contributed by atoms with E-state index in [1.807, 2.05) is 6.07 Å². The molecule has 1 aliphatic rings. The van der Waals surface area contributed by atoms with E-state index < -0.39 is 0 Å². The number of halogens is 1. The molecular formula is C23H30FN3O2. The Kier molecular flexibility index (Phi) is 7.47. The van der Waals surface area contributed by atoms with Crippen LogP contribution in [0.5, 0.6) is 5.75 Å². The summed E-state index contributed by atoms with van der Waals surface area (Å²) in [5.41, 5.74) is 3.89. The Hall–Kier alpha value is -2.60. The summed E-state index contributed by atoms with van der Waals surface area (Å²) in [6, 6.07) is 11.4. The van der Waals surface area contributed by atoms with E-state index in [-0.39, 0.29) is 5.82 Å². The van der Waals surface area contributed by atoms with Crippen molar-refractivity contribution >= 4 is 5.96 Å². The van der Waals surface area contributed by atoms with Crippen molar-refractivity contribution in [2.24, 2.45) is 10.9 Å². The Bertz CT molecular complexity index is 848. The topological polar surface area (TPSA) is 54.9 Å². The van der Waals surface area contributed by atoms with Gasteiger partial charge in [-0.05, 0) is 49.1 Å². The van der Waals surface area contributed by atoms with Crippen molar-refractivity contribution in [1.82, 2.24) is 10.6 Å². The molecule has 2 aromatic carbocycles. The van der Waals surface area contributed by atoms with Gasteiger partial charge in [-0.2, -0.15) is 0 Å². The first-order chi connectivity index (χ1) is 14.0. The van der Waals surface area contributed by atoms with E-state index >= 15 is 0 Å². The van der Waals surface area contributed by atoms with E-state index in [1.165, 1.54) is 11.6 Å². The van der Waals surface area contributed by atoms with Crippen LogP contribution in [-0.2, 0) is 17.8 Å². The predicted molar refractivity (Wildman–Crippen MR) is 114 cm³/mol. The molecule has 1 saturated heterocycles. The number of nitrogens with zero attached hydrogens (tertiary/aromatic N) is 1. The first-order valence-electron chi connectivity index (χ1n) is 10.0. The van der Waals surface area contributed by atoms with Crippen molar-refractivity contribution in [1.29, 1.82) is 0 Å². The number of benzene rings is 2. The molecule has 0 spiro atoms. The smallest absolute Gasteiger partial charge is 0.191 e. The first-order valence-corrected chi connectivity index (χ1v) is 10.0. The van der Waals surface area contributed by atoms with Crippen LogP contribution in [0.15, 0.2) is 41.4 Å². The number of ether oxygens (including phenoxy) is 2. The lowest BCUT2D eigenvalue weighted by Gasteiger charge is -2.17. The molecule has 5 nitrogen and oxygen atoms in total. The molecule has 156 valence electrons. The third-order valence-corrected chi connectivity index (χ3v) is 5.07. The van der Waals surface area contributed by atoms with E-state index in [0.29, 0.717) is 37.1 Å². The molecule has 0 radical (unpaired) electrons. The van der Waals surface area contributed by atoms with Crippen LogP contribution in [0.25, 0.3) is 0 Å². The summed E-state index contributed by atoms with van der Waals surface area (Å²) in [5.74, 6) is 1.86. The van der Waals surface area contributed by atoms with Crippen LogP contribution in [0.1, 0.15) is 28.7 Å². The van der Waals surface area contributed by atoms with Crippen molar-refractivity contribution in [3.05, 3.63) is 64.5 Å². The zero-order valence-corrected chi connectivity index (χ0v) is 17.4. The highest BCUT2D eigenvalue weighted by molar-refractivity contribution is 5.79. The maximum absolute atomic E-state index is 13.4. The quantitative estimate of drug-likeness (QED) is 0.550. The SMILES string of the molecule is CN=C(NCc1ccc(F)c(C)c1)NCc1ccc(C)cc1OCC1CCOC1. The summed E-state index contributed by atoms with van der Waals surface area (Å²) >= 11 is 0. The summed E-state index contributed by atoms with van der Waals surface area (Å²) in [6.07, 6.45) is 1.05. The second kappa shape index (κ2) is 10.3. The molecule has 0 saturated carbocycles. The molecule has 0 amide bonds. The summed E-state index contributed by atoms with van der Waals surface area (Å²) in [4.78, 5) is 4.28. The second-order valence-corrected chi connectivity index (χ2v) is 7.51. The molecule has 1 aliphatic heterocycles. The molecule has 0 aliphatic carbocycles. The molecule has 0 aromatic heterocycles. The Balaban J connectivity index is 1.56. The summed E-state index contributed by atoms with van der Waals surface area (Å²) in [7, 11) is 1.73. The summed E-state index contributed by atoms with van der Waals surface area (Å²) in [5, 5.41) is 6.60. The number of guanidine groups is 1. The summed E-state index contributed by atoms with van der Waals surface area (Å²) in [6.45, 7) is 7.27. The van der Waals surface area contributed by atoms with Gasteiger partial charge in [0.05, 0.1) is 13.2 Å². The van der Waals surface area contributed by atoms with Crippen LogP contribution >= 0.6 is 0 Å². The fourth-order valence-corrected chi connectivity index (χ4v) is 3.27. The van der Waals surface area contributed by atoms with Crippen molar-refractivity contribution in [2.45, 2.75) is 33.4 Å². The zero-order chi connectivity index (χ0) is 20.6. The molecule has 1 fully saturated rings. The molecule has 1 heterocycles. The van der Waals surface area contributed by atoms with Gasteiger partial charge in [-0.3, -0.25) is 4.99 Å². The zero-order valence-electron chi connectivity index (χ0n) is 17.4. The second-order valence-electron chi connectivity index (χ2n) is 7.51. The number of nitrogens with one attached hydrogen (secondary N) is 2. The van der Waals surface area contributed by atoms with Crippen LogP contribution < -0.4 is 15.4 Å². The van der Waals surface area contributed by atoms with Gasteiger partial charge in [-0.1, -0.05) is 24.3 Å². The van der Waals surface area contributed by atoms with Gasteiger partial charge in [0.25, 0.3) is 0 Å². The van der Waals surface area contributed by atoms with Gasteiger partial charge in [-0.25, -0.2) is 4.39 Å². The standard InChI is InChI=1S/C23H30FN3O2/c1-16-4-6-20(22(10-16)29-15-19-8-9-28-14-19)13-27-23(25-3)26-12-18-5-7-21(24)17(2)11-18/h4-7,10-11,19H,8-9,12-15H2,1-3H3,(H2,25,26,27). The molecule has 6 heteroatoms. The normalized spacial score (nSPS) is 16.7. The molecular weight excluding hydrogens is 369 g/mol. The largest absolute Gasteiger partial charge is 0.493 e. The predicted octanol–water partition coefficient (Wildman–Crippen LogP) is 3.72. The van der Waals surface area contributed by atoms with Crippen LogP contribution in [-0.4, -0.2) is 32.8 Å². The average Bonchev–Trinajstić information content (AvgIpc) is 3.24. The number of aryl methyl sites for hydroxylation is 2. The molecule has 2 N–H and O–H groups in total. The molecule has 2 aromatic rings. The Morgan fingerprint density at radius 2 is 2.00 bits per heavy atom. The molecule has 3 rings (SSSR count). The lowest BCUT2D eigenvalue weighted by Crippen LogP contribution is -2.36. The maximum Gasteiger partial charge on any atom is 0.191 e. The number of hydrogen-bond donors (Lipinski definition) is 2. The van der Waals surface area contributed by atoms with E-state index in [1.54, 1.807) is 20.0 Å². The van der Waals surface area contributed by atoms with Gasteiger partial charge in [-0.15, -0.1) is 0 Å². The minimum atomic E-state index is -0.188. The van der Waals surface area contributed by atoms with Crippen LogP contribution in [0.3, 0.4) is 0 Å². The monoisotopic (exact) mass is 399 g/mol. The van der Waals surface area contributed by atoms with Gasteiger partial charge >= 0.3 is 0 Å². The highest BCUT2D eigenvalue weighted by Crippen LogP contribution is 2.22. The van der Waals surface area contributed by atoms with Gasteiger partial charge in [0, 0.05) is 38.2 Å². The Morgan fingerprint density at radius 1 is 1.17 bits per heavy atom.